The van der Waals surface area contributed by atoms with Gasteiger partial charge in [0.1, 0.15) is 5.75 Å². The summed E-state index contributed by atoms with van der Waals surface area (Å²) in [4.78, 5) is 0. The molecular formula is C18H27F3O4. The number of aliphatic hydroxyl groups excluding tert-OH is 1. The fraction of sp³-hybridized carbons (Fsp3) is 0.667. The van der Waals surface area contributed by atoms with E-state index < -0.39 is 17.9 Å². The summed E-state index contributed by atoms with van der Waals surface area (Å²) in [5.74, 6) is -1.00. The minimum Gasteiger partial charge on any atom is -0.504 e. The van der Waals surface area contributed by atoms with Gasteiger partial charge in [-0.2, -0.15) is 0 Å². The number of ether oxygens (including phenoxy) is 2. The molecule has 0 spiro atoms. The smallest absolute Gasteiger partial charge is 0.504 e. The van der Waals surface area contributed by atoms with Crippen LogP contribution in [0.1, 0.15) is 57.8 Å². The SMILES string of the molecule is OCCCCCCCCCCCOc1ccc(O)c(OC(F)(F)F)c1. The Labute approximate surface area is 146 Å². The van der Waals surface area contributed by atoms with Crippen LogP contribution in [-0.2, 0) is 0 Å². The highest BCUT2D eigenvalue weighted by Crippen LogP contribution is 2.34. The highest BCUT2D eigenvalue weighted by atomic mass is 19.4. The highest BCUT2D eigenvalue weighted by molar-refractivity contribution is 5.44. The van der Waals surface area contributed by atoms with Crippen molar-refractivity contribution in [3.05, 3.63) is 18.2 Å². The van der Waals surface area contributed by atoms with Gasteiger partial charge < -0.3 is 19.7 Å². The monoisotopic (exact) mass is 364 g/mol. The molecule has 1 rings (SSSR count). The number of aliphatic hydroxyl groups is 1. The molecule has 0 aliphatic carbocycles. The first-order chi connectivity index (χ1) is 11.9. The molecule has 0 amide bonds. The molecule has 0 aliphatic rings. The summed E-state index contributed by atoms with van der Waals surface area (Å²) in [5, 5.41) is 18.0. The number of phenolic OH excluding ortho intramolecular Hbond substituents is 1. The first-order valence-corrected chi connectivity index (χ1v) is 8.75. The van der Waals surface area contributed by atoms with Gasteiger partial charge in [-0.1, -0.05) is 44.9 Å². The number of benzene rings is 1. The first-order valence-electron chi connectivity index (χ1n) is 8.75. The lowest BCUT2D eigenvalue weighted by molar-refractivity contribution is -0.275. The molecule has 0 heterocycles. The molecule has 0 saturated heterocycles. The maximum absolute atomic E-state index is 12.2. The van der Waals surface area contributed by atoms with Crippen LogP contribution in [0.2, 0.25) is 0 Å². The van der Waals surface area contributed by atoms with Crippen molar-refractivity contribution >= 4 is 0 Å². The van der Waals surface area contributed by atoms with Crippen molar-refractivity contribution in [2.24, 2.45) is 0 Å². The van der Waals surface area contributed by atoms with Gasteiger partial charge in [-0.3, -0.25) is 0 Å². The molecule has 0 aromatic heterocycles. The Kier molecular flexibility index (Phi) is 10.1. The van der Waals surface area contributed by atoms with Crippen molar-refractivity contribution in [2.75, 3.05) is 13.2 Å². The van der Waals surface area contributed by atoms with Crippen molar-refractivity contribution in [1.82, 2.24) is 0 Å². The van der Waals surface area contributed by atoms with Gasteiger partial charge >= 0.3 is 6.36 Å². The summed E-state index contributed by atoms with van der Waals surface area (Å²) in [6.07, 6.45) is 4.71. The number of rotatable bonds is 13. The van der Waals surface area contributed by atoms with Gasteiger partial charge in [-0.05, 0) is 25.0 Å². The second kappa shape index (κ2) is 11.8. The molecule has 0 aliphatic heterocycles. The van der Waals surface area contributed by atoms with Gasteiger partial charge in [0.2, 0.25) is 0 Å². The Morgan fingerprint density at radius 3 is 1.96 bits per heavy atom. The van der Waals surface area contributed by atoms with E-state index in [9.17, 15) is 18.3 Å². The van der Waals surface area contributed by atoms with Gasteiger partial charge in [0.05, 0.1) is 6.61 Å². The molecule has 4 nitrogen and oxygen atoms in total. The molecule has 0 atom stereocenters. The van der Waals surface area contributed by atoms with Crippen molar-refractivity contribution < 1.29 is 32.9 Å². The molecule has 2 N–H and O–H groups in total. The van der Waals surface area contributed by atoms with Crippen LogP contribution in [0.15, 0.2) is 18.2 Å². The van der Waals surface area contributed by atoms with E-state index in [4.69, 9.17) is 9.84 Å². The first kappa shape index (κ1) is 21.4. The predicted octanol–water partition coefficient (Wildman–Crippen LogP) is 5.17. The molecule has 0 radical (unpaired) electrons. The zero-order chi connectivity index (χ0) is 18.5. The fourth-order valence-corrected chi connectivity index (χ4v) is 2.43. The second-order valence-electron chi connectivity index (χ2n) is 5.93. The summed E-state index contributed by atoms with van der Waals surface area (Å²) < 4.78 is 45.8. The molecule has 0 fully saturated rings. The van der Waals surface area contributed by atoms with E-state index >= 15 is 0 Å². The zero-order valence-electron chi connectivity index (χ0n) is 14.4. The topological polar surface area (TPSA) is 58.9 Å². The van der Waals surface area contributed by atoms with Crippen LogP contribution in [0.3, 0.4) is 0 Å². The van der Waals surface area contributed by atoms with Crippen molar-refractivity contribution in [3.8, 4) is 17.2 Å². The van der Waals surface area contributed by atoms with Gasteiger partial charge in [0.15, 0.2) is 11.5 Å². The summed E-state index contributed by atoms with van der Waals surface area (Å²) in [6.45, 7) is 0.678. The van der Waals surface area contributed by atoms with E-state index in [1.807, 2.05) is 0 Å². The standard InChI is InChI=1S/C18H27F3O4/c19-18(20,21)25-17-14-15(10-11-16(17)23)24-13-9-7-5-3-1-2-4-6-8-12-22/h10-11,14,22-23H,1-9,12-13H2. The minimum atomic E-state index is -4.85. The zero-order valence-corrected chi connectivity index (χ0v) is 14.4. The number of unbranched alkanes of at least 4 members (excludes halogenated alkanes) is 8. The maximum Gasteiger partial charge on any atom is 0.573 e. The number of halogens is 3. The molecule has 7 heteroatoms. The van der Waals surface area contributed by atoms with E-state index in [1.165, 1.54) is 18.9 Å². The number of phenols is 1. The molecule has 1 aromatic rings. The molecule has 0 unspecified atom stereocenters. The summed E-state index contributed by atoms with van der Waals surface area (Å²) in [6, 6.07) is 3.56. The van der Waals surface area contributed by atoms with Crippen LogP contribution in [0.4, 0.5) is 13.2 Å². The molecule has 1 aromatic carbocycles. The third kappa shape index (κ3) is 10.8. The number of hydrogen-bond donors (Lipinski definition) is 2. The Morgan fingerprint density at radius 2 is 1.40 bits per heavy atom. The molecular weight excluding hydrogens is 337 g/mol. The predicted molar refractivity (Wildman–Crippen MR) is 88.9 cm³/mol. The van der Waals surface area contributed by atoms with Gasteiger partial charge in [-0.25, -0.2) is 0 Å². The van der Waals surface area contributed by atoms with Crippen LogP contribution < -0.4 is 9.47 Å². The van der Waals surface area contributed by atoms with Gasteiger partial charge in [0, 0.05) is 12.7 Å². The Morgan fingerprint density at radius 1 is 0.840 bits per heavy atom. The highest BCUT2D eigenvalue weighted by Gasteiger charge is 2.32. The third-order valence-corrected chi connectivity index (χ3v) is 3.73. The van der Waals surface area contributed by atoms with E-state index in [2.05, 4.69) is 4.74 Å². The largest absolute Gasteiger partial charge is 0.573 e. The van der Waals surface area contributed by atoms with Crippen molar-refractivity contribution in [1.29, 1.82) is 0 Å². The van der Waals surface area contributed by atoms with Crippen LogP contribution in [0.25, 0.3) is 0 Å². The summed E-state index contributed by atoms with van der Waals surface area (Å²) in [5.41, 5.74) is 0. The molecule has 25 heavy (non-hydrogen) atoms. The Bertz CT molecular complexity index is 478. The Balaban J connectivity index is 2.13. The van der Waals surface area contributed by atoms with Crippen LogP contribution >= 0.6 is 0 Å². The van der Waals surface area contributed by atoms with E-state index in [1.54, 1.807) is 0 Å². The van der Waals surface area contributed by atoms with Crippen molar-refractivity contribution in [3.63, 3.8) is 0 Å². The lowest BCUT2D eigenvalue weighted by Gasteiger charge is -2.12. The average Bonchev–Trinajstić information content (AvgIpc) is 2.54. The molecule has 144 valence electrons. The second-order valence-corrected chi connectivity index (χ2v) is 5.93. The van der Waals surface area contributed by atoms with Gasteiger partial charge in [0.25, 0.3) is 0 Å². The molecule has 0 bridgehead atoms. The third-order valence-electron chi connectivity index (χ3n) is 3.73. The molecule has 0 saturated carbocycles. The number of alkyl halides is 3. The van der Waals surface area contributed by atoms with Crippen LogP contribution in [-0.4, -0.2) is 29.8 Å². The van der Waals surface area contributed by atoms with Crippen molar-refractivity contribution in [2.45, 2.75) is 64.1 Å². The number of hydrogen-bond acceptors (Lipinski definition) is 4. The van der Waals surface area contributed by atoms with Crippen LogP contribution in [0.5, 0.6) is 17.2 Å². The minimum absolute atomic E-state index is 0.237. The van der Waals surface area contributed by atoms with E-state index in [-0.39, 0.29) is 12.4 Å². The Hall–Kier alpha value is -1.63. The maximum atomic E-state index is 12.2. The van der Waals surface area contributed by atoms with Gasteiger partial charge in [-0.15, -0.1) is 13.2 Å². The summed E-state index contributed by atoms with van der Waals surface area (Å²) in [7, 11) is 0. The van der Waals surface area contributed by atoms with E-state index in [0.29, 0.717) is 6.61 Å². The fourth-order valence-electron chi connectivity index (χ4n) is 2.43. The summed E-state index contributed by atoms with van der Waals surface area (Å²) >= 11 is 0. The van der Waals surface area contributed by atoms with Crippen LogP contribution in [0, 0.1) is 0 Å². The quantitative estimate of drug-likeness (QED) is 0.474. The number of aromatic hydroxyl groups is 1. The lowest BCUT2D eigenvalue weighted by atomic mass is 10.1. The van der Waals surface area contributed by atoms with E-state index in [0.717, 1.165) is 57.1 Å². The lowest BCUT2D eigenvalue weighted by Crippen LogP contribution is -2.17. The normalized spacial score (nSPS) is 11.5. The average molecular weight is 364 g/mol.